The van der Waals surface area contributed by atoms with Gasteiger partial charge in [-0.05, 0) is 61.4 Å². The van der Waals surface area contributed by atoms with E-state index in [9.17, 15) is 14.0 Å². The number of carbonyl (C=O) groups excluding carboxylic acids is 2. The van der Waals surface area contributed by atoms with E-state index in [1.54, 1.807) is 12.1 Å². The van der Waals surface area contributed by atoms with Crippen molar-refractivity contribution in [1.29, 1.82) is 0 Å². The van der Waals surface area contributed by atoms with E-state index >= 15 is 0 Å². The lowest BCUT2D eigenvalue weighted by atomic mass is 10.1. The molecule has 0 aliphatic carbocycles. The molecule has 0 spiro atoms. The third kappa shape index (κ3) is 5.31. The third-order valence-corrected chi connectivity index (χ3v) is 6.66. The predicted octanol–water partition coefficient (Wildman–Crippen LogP) is 4.65. The SMILES string of the molecule is O=C(Nc1ccc(-c2ccc(N3CCCCCC3)nn2)cc1)C1CC(=O)N(c2ccc(F)cc2)C1. The summed E-state index contributed by atoms with van der Waals surface area (Å²) >= 11 is 0. The van der Waals surface area contributed by atoms with Gasteiger partial charge < -0.3 is 15.1 Å². The molecule has 0 saturated carbocycles. The van der Waals surface area contributed by atoms with Crippen molar-refractivity contribution in [3.05, 3.63) is 66.5 Å². The molecule has 7 nitrogen and oxygen atoms in total. The Balaban J connectivity index is 1.19. The van der Waals surface area contributed by atoms with Crippen molar-refractivity contribution in [1.82, 2.24) is 10.2 Å². The zero-order valence-electron chi connectivity index (χ0n) is 19.5. The first-order valence-corrected chi connectivity index (χ1v) is 12.1. The molecule has 0 bridgehead atoms. The fourth-order valence-corrected chi connectivity index (χ4v) is 4.67. The second-order valence-corrected chi connectivity index (χ2v) is 9.13. The first kappa shape index (κ1) is 23.0. The molecular weight excluding hydrogens is 445 g/mol. The lowest BCUT2D eigenvalue weighted by Crippen LogP contribution is -2.28. The van der Waals surface area contributed by atoms with E-state index in [1.807, 2.05) is 36.4 Å². The summed E-state index contributed by atoms with van der Waals surface area (Å²) in [6.45, 7) is 2.32. The van der Waals surface area contributed by atoms with E-state index in [1.165, 1.54) is 42.7 Å². The second-order valence-electron chi connectivity index (χ2n) is 9.13. The minimum absolute atomic E-state index is 0.125. The van der Waals surface area contributed by atoms with Crippen molar-refractivity contribution in [2.75, 3.05) is 34.8 Å². The first-order valence-electron chi connectivity index (χ1n) is 12.1. The van der Waals surface area contributed by atoms with Crippen molar-refractivity contribution >= 4 is 29.0 Å². The molecule has 2 saturated heterocycles. The molecule has 3 heterocycles. The van der Waals surface area contributed by atoms with Crippen LogP contribution in [-0.2, 0) is 9.59 Å². The highest BCUT2D eigenvalue weighted by molar-refractivity contribution is 6.03. The van der Waals surface area contributed by atoms with Crippen LogP contribution in [-0.4, -0.2) is 41.6 Å². The maximum atomic E-state index is 13.2. The number of carbonyl (C=O) groups is 2. The number of hydrogen-bond donors (Lipinski definition) is 1. The third-order valence-electron chi connectivity index (χ3n) is 6.66. The fraction of sp³-hybridized carbons (Fsp3) is 0.333. The topological polar surface area (TPSA) is 78.4 Å². The van der Waals surface area contributed by atoms with Gasteiger partial charge in [0, 0.05) is 43.0 Å². The van der Waals surface area contributed by atoms with Crippen molar-refractivity contribution in [2.24, 2.45) is 5.92 Å². The van der Waals surface area contributed by atoms with Crippen molar-refractivity contribution in [2.45, 2.75) is 32.1 Å². The molecule has 0 radical (unpaired) electrons. The number of nitrogens with one attached hydrogen (secondary N) is 1. The summed E-state index contributed by atoms with van der Waals surface area (Å²) in [4.78, 5) is 29.0. The molecule has 2 amide bonds. The van der Waals surface area contributed by atoms with E-state index in [0.717, 1.165) is 30.2 Å². The first-order chi connectivity index (χ1) is 17.1. The normalized spacial score (nSPS) is 18.4. The van der Waals surface area contributed by atoms with Gasteiger partial charge in [-0.2, -0.15) is 0 Å². The molecule has 5 rings (SSSR count). The Hall–Kier alpha value is -3.81. The maximum absolute atomic E-state index is 13.2. The van der Waals surface area contributed by atoms with E-state index < -0.39 is 5.92 Å². The molecule has 3 aromatic rings. The number of hydrogen-bond acceptors (Lipinski definition) is 5. The number of nitrogens with zero attached hydrogens (tertiary/aromatic N) is 4. The quantitative estimate of drug-likeness (QED) is 0.583. The lowest BCUT2D eigenvalue weighted by Gasteiger charge is -2.20. The monoisotopic (exact) mass is 473 g/mol. The summed E-state index contributed by atoms with van der Waals surface area (Å²) in [6, 6.07) is 17.2. The van der Waals surface area contributed by atoms with Crippen LogP contribution in [0.25, 0.3) is 11.3 Å². The number of anilines is 3. The van der Waals surface area contributed by atoms with Gasteiger partial charge in [0.1, 0.15) is 5.82 Å². The zero-order valence-corrected chi connectivity index (χ0v) is 19.5. The fourth-order valence-electron chi connectivity index (χ4n) is 4.67. The van der Waals surface area contributed by atoms with Gasteiger partial charge in [-0.3, -0.25) is 9.59 Å². The van der Waals surface area contributed by atoms with Gasteiger partial charge >= 0.3 is 0 Å². The van der Waals surface area contributed by atoms with E-state index in [0.29, 0.717) is 11.4 Å². The summed E-state index contributed by atoms with van der Waals surface area (Å²) in [5.74, 6) is -0.269. The average molecular weight is 474 g/mol. The molecule has 180 valence electrons. The minimum Gasteiger partial charge on any atom is -0.355 e. The van der Waals surface area contributed by atoms with E-state index in [4.69, 9.17) is 0 Å². The Morgan fingerprint density at radius 1 is 0.886 bits per heavy atom. The molecule has 2 aromatic carbocycles. The van der Waals surface area contributed by atoms with Crippen LogP contribution in [0.2, 0.25) is 0 Å². The second kappa shape index (κ2) is 10.2. The Morgan fingerprint density at radius 3 is 2.26 bits per heavy atom. The molecule has 2 fully saturated rings. The highest BCUT2D eigenvalue weighted by Crippen LogP contribution is 2.27. The number of benzene rings is 2. The Kier molecular flexibility index (Phi) is 6.70. The predicted molar refractivity (Wildman–Crippen MR) is 134 cm³/mol. The van der Waals surface area contributed by atoms with Gasteiger partial charge in [-0.15, -0.1) is 10.2 Å². The summed E-state index contributed by atoms with van der Waals surface area (Å²) < 4.78 is 13.2. The Labute approximate surface area is 204 Å². The van der Waals surface area contributed by atoms with Gasteiger partial charge in [-0.25, -0.2) is 4.39 Å². The van der Waals surface area contributed by atoms with Crippen LogP contribution in [0.5, 0.6) is 0 Å². The van der Waals surface area contributed by atoms with Crippen LogP contribution in [0.4, 0.5) is 21.6 Å². The summed E-state index contributed by atoms with van der Waals surface area (Å²) in [7, 11) is 0. The number of rotatable bonds is 5. The molecule has 2 aliphatic rings. The highest BCUT2D eigenvalue weighted by Gasteiger charge is 2.35. The highest BCUT2D eigenvalue weighted by atomic mass is 19.1. The standard InChI is InChI=1S/C27H28FN5O2/c28-21-7-11-23(12-8-21)33-18-20(17-26(33)34)27(35)29-22-9-5-19(6-10-22)24-13-14-25(31-30-24)32-15-3-1-2-4-16-32/h5-14,20H,1-4,15-18H2,(H,29,35). The molecule has 8 heteroatoms. The summed E-state index contributed by atoms with van der Waals surface area (Å²) in [5.41, 5.74) is 2.94. The number of aromatic nitrogens is 2. The van der Waals surface area contributed by atoms with Gasteiger partial charge in [0.2, 0.25) is 11.8 Å². The Morgan fingerprint density at radius 2 is 1.60 bits per heavy atom. The maximum Gasteiger partial charge on any atom is 0.229 e. The lowest BCUT2D eigenvalue weighted by molar-refractivity contribution is -0.122. The summed E-state index contributed by atoms with van der Waals surface area (Å²) in [5, 5.41) is 11.8. The number of halogens is 1. The van der Waals surface area contributed by atoms with E-state index in [2.05, 4.69) is 20.4 Å². The molecular formula is C27H28FN5O2. The molecule has 1 atom stereocenters. The van der Waals surface area contributed by atoms with Crippen LogP contribution in [0, 0.1) is 11.7 Å². The average Bonchev–Trinajstić information content (AvgIpc) is 3.08. The largest absolute Gasteiger partial charge is 0.355 e. The molecule has 1 N–H and O–H groups in total. The van der Waals surface area contributed by atoms with Crippen LogP contribution in [0.15, 0.2) is 60.7 Å². The van der Waals surface area contributed by atoms with Gasteiger partial charge in [-0.1, -0.05) is 25.0 Å². The van der Waals surface area contributed by atoms with Crippen LogP contribution in [0.1, 0.15) is 32.1 Å². The summed E-state index contributed by atoms with van der Waals surface area (Å²) in [6.07, 6.45) is 5.05. The van der Waals surface area contributed by atoms with Gasteiger partial charge in [0.05, 0.1) is 11.6 Å². The van der Waals surface area contributed by atoms with Crippen LogP contribution in [0.3, 0.4) is 0 Å². The van der Waals surface area contributed by atoms with Crippen molar-refractivity contribution in [3.63, 3.8) is 0 Å². The molecule has 2 aliphatic heterocycles. The van der Waals surface area contributed by atoms with Gasteiger partial charge in [0.25, 0.3) is 0 Å². The molecule has 35 heavy (non-hydrogen) atoms. The van der Waals surface area contributed by atoms with Crippen molar-refractivity contribution in [3.8, 4) is 11.3 Å². The van der Waals surface area contributed by atoms with Crippen LogP contribution >= 0.6 is 0 Å². The molecule has 1 aromatic heterocycles. The minimum atomic E-state index is -0.468. The zero-order chi connectivity index (χ0) is 24.2. The number of amides is 2. The Bertz CT molecular complexity index is 1170. The van der Waals surface area contributed by atoms with Crippen LogP contribution < -0.4 is 15.1 Å². The van der Waals surface area contributed by atoms with Crippen molar-refractivity contribution < 1.29 is 14.0 Å². The van der Waals surface area contributed by atoms with E-state index in [-0.39, 0.29) is 30.6 Å². The van der Waals surface area contributed by atoms with Gasteiger partial charge in [0.15, 0.2) is 5.82 Å². The molecule has 1 unspecified atom stereocenters. The smallest absolute Gasteiger partial charge is 0.229 e.